The Kier molecular flexibility index (Phi) is 2.36. The zero-order chi connectivity index (χ0) is 13.3. The molecule has 3 nitrogen and oxygen atoms in total. The lowest BCUT2D eigenvalue weighted by Gasteiger charge is -2.61. The lowest BCUT2D eigenvalue weighted by molar-refractivity contribution is -0.196. The average Bonchev–Trinajstić information content (AvgIpc) is 2.63. The Labute approximate surface area is 109 Å². The molecule has 0 heterocycles. The van der Waals surface area contributed by atoms with E-state index in [1.807, 2.05) is 0 Å². The standard InChI is InChI=1S/C15H24O3/c1-13(8-16)6-9-10(7-13)14(2)5-4-11(14)15(3,18)12(9)17/h9-11,16,18H,4-8H2,1-3H3/t9-,10-,11+,13+,14+,15+/m0/s1. The Bertz CT molecular complexity index is 403. The number of aliphatic hydroxyl groups is 2. The zero-order valence-corrected chi connectivity index (χ0v) is 11.6. The van der Waals surface area contributed by atoms with Crippen molar-refractivity contribution in [2.75, 3.05) is 6.61 Å². The fourth-order valence-corrected chi connectivity index (χ4v) is 5.18. The van der Waals surface area contributed by atoms with E-state index in [-0.39, 0.29) is 35.1 Å². The van der Waals surface area contributed by atoms with Crippen LogP contribution in [0, 0.1) is 28.6 Å². The molecular formula is C15H24O3. The third-order valence-electron chi connectivity index (χ3n) is 6.42. The highest BCUT2D eigenvalue weighted by Crippen LogP contribution is 2.67. The number of carbonyl (C=O) groups excluding carboxylic acids is 1. The minimum absolute atomic E-state index is 0.0341. The highest BCUT2D eigenvalue weighted by atomic mass is 16.3. The largest absolute Gasteiger partial charge is 0.396 e. The first-order valence-electron chi connectivity index (χ1n) is 7.12. The molecule has 0 spiro atoms. The van der Waals surface area contributed by atoms with Gasteiger partial charge >= 0.3 is 0 Å². The van der Waals surface area contributed by atoms with Crippen LogP contribution in [-0.2, 0) is 4.79 Å². The smallest absolute Gasteiger partial charge is 0.167 e. The molecule has 0 unspecified atom stereocenters. The minimum atomic E-state index is -1.14. The van der Waals surface area contributed by atoms with E-state index in [1.165, 1.54) is 0 Å². The Morgan fingerprint density at radius 2 is 1.94 bits per heavy atom. The number of rotatable bonds is 1. The van der Waals surface area contributed by atoms with Gasteiger partial charge in [-0.2, -0.15) is 0 Å². The normalized spacial score (nSPS) is 58.9. The van der Waals surface area contributed by atoms with Crippen LogP contribution >= 0.6 is 0 Å². The topological polar surface area (TPSA) is 57.5 Å². The van der Waals surface area contributed by atoms with Crippen LogP contribution in [-0.4, -0.2) is 28.2 Å². The van der Waals surface area contributed by atoms with Crippen molar-refractivity contribution < 1.29 is 15.0 Å². The molecule has 3 heteroatoms. The molecule has 3 aliphatic carbocycles. The molecule has 6 atom stereocenters. The van der Waals surface area contributed by atoms with Gasteiger partial charge in [0.05, 0.1) is 0 Å². The van der Waals surface area contributed by atoms with Crippen LogP contribution in [0.25, 0.3) is 0 Å². The van der Waals surface area contributed by atoms with Gasteiger partial charge < -0.3 is 10.2 Å². The summed E-state index contributed by atoms with van der Waals surface area (Å²) in [5, 5.41) is 20.1. The summed E-state index contributed by atoms with van der Waals surface area (Å²) in [5.74, 6) is 0.478. The number of fused-ring (bicyclic) bond motifs is 3. The Morgan fingerprint density at radius 3 is 2.44 bits per heavy atom. The van der Waals surface area contributed by atoms with E-state index >= 15 is 0 Å². The van der Waals surface area contributed by atoms with Crippen LogP contribution in [0.5, 0.6) is 0 Å². The molecule has 0 aromatic carbocycles. The lowest BCUT2D eigenvalue weighted by atomic mass is 9.44. The van der Waals surface area contributed by atoms with Gasteiger partial charge in [0.2, 0.25) is 0 Å². The van der Waals surface area contributed by atoms with E-state index in [0.717, 1.165) is 25.7 Å². The number of hydrogen-bond donors (Lipinski definition) is 2. The number of ketones is 1. The van der Waals surface area contributed by atoms with Crippen molar-refractivity contribution >= 4 is 5.78 Å². The Morgan fingerprint density at radius 1 is 1.28 bits per heavy atom. The maximum atomic E-state index is 12.5. The minimum Gasteiger partial charge on any atom is -0.396 e. The fourth-order valence-electron chi connectivity index (χ4n) is 5.18. The number of aliphatic hydroxyl groups excluding tert-OH is 1. The van der Waals surface area contributed by atoms with Gasteiger partial charge in [-0.3, -0.25) is 4.79 Å². The predicted molar refractivity (Wildman–Crippen MR) is 67.9 cm³/mol. The molecule has 0 amide bonds. The first kappa shape index (κ1) is 12.6. The second kappa shape index (κ2) is 3.37. The first-order chi connectivity index (χ1) is 8.24. The van der Waals surface area contributed by atoms with E-state index in [2.05, 4.69) is 13.8 Å². The summed E-state index contributed by atoms with van der Waals surface area (Å²) in [5.41, 5.74) is -1.17. The van der Waals surface area contributed by atoms with E-state index in [1.54, 1.807) is 6.92 Å². The van der Waals surface area contributed by atoms with Gasteiger partial charge in [0.1, 0.15) is 5.60 Å². The molecule has 0 bridgehead atoms. The molecule has 18 heavy (non-hydrogen) atoms. The molecule has 0 aliphatic heterocycles. The van der Waals surface area contributed by atoms with Gasteiger partial charge in [-0.25, -0.2) is 0 Å². The Hall–Kier alpha value is -0.410. The Balaban J connectivity index is 2.00. The van der Waals surface area contributed by atoms with E-state index in [4.69, 9.17) is 0 Å². The zero-order valence-electron chi connectivity index (χ0n) is 11.6. The number of Topliss-reactive ketones (excluding diaryl/α,β-unsaturated/α-hetero) is 1. The molecule has 0 aromatic heterocycles. The van der Waals surface area contributed by atoms with Crippen LogP contribution in [0.2, 0.25) is 0 Å². The third kappa shape index (κ3) is 1.30. The molecular weight excluding hydrogens is 228 g/mol. The van der Waals surface area contributed by atoms with E-state index < -0.39 is 5.60 Å². The summed E-state index contributed by atoms with van der Waals surface area (Å²) in [6, 6.07) is 0. The second-order valence-electron chi connectivity index (χ2n) is 7.70. The van der Waals surface area contributed by atoms with Gasteiger partial charge in [0.15, 0.2) is 5.78 Å². The highest BCUT2D eigenvalue weighted by molar-refractivity contribution is 5.91. The van der Waals surface area contributed by atoms with Gasteiger partial charge in [-0.1, -0.05) is 13.8 Å². The second-order valence-corrected chi connectivity index (χ2v) is 7.70. The van der Waals surface area contributed by atoms with Crippen LogP contribution in [0.1, 0.15) is 46.5 Å². The molecule has 102 valence electrons. The number of carbonyl (C=O) groups is 1. The van der Waals surface area contributed by atoms with Crippen LogP contribution in [0.3, 0.4) is 0 Å². The van der Waals surface area contributed by atoms with E-state index in [0.29, 0.717) is 5.92 Å². The summed E-state index contributed by atoms with van der Waals surface area (Å²) in [4.78, 5) is 12.5. The van der Waals surface area contributed by atoms with Gasteiger partial charge in [0.25, 0.3) is 0 Å². The molecule has 3 fully saturated rings. The summed E-state index contributed by atoms with van der Waals surface area (Å²) in [6.45, 7) is 6.17. The average molecular weight is 252 g/mol. The van der Waals surface area contributed by atoms with Gasteiger partial charge in [-0.05, 0) is 49.4 Å². The van der Waals surface area contributed by atoms with Crippen molar-refractivity contribution in [2.24, 2.45) is 28.6 Å². The van der Waals surface area contributed by atoms with Crippen molar-refractivity contribution in [2.45, 2.75) is 52.1 Å². The molecule has 3 aliphatic rings. The maximum Gasteiger partial charge on any atom is 0.167 e. The van der Waals surface area contributed by atoms with Crippen LogP contribution in [0.4, 0.5) is 0 Å². The number of hydrogen-bond acceptors (Lipinski definition) is 3. The highest BCUT2D eigenvalue weighted by Gasteiger charge is 2.68. The van der Waals surface area contributed by atoms with Gasteiger partial charge in [-0.15, -0.1) is 0 Å². The monoisotopic (exact) mass is 252 g/mol. The van der Waals surface area contributed by atoms with Gasteiger partial charge in [0, 0.05) is 18.4 Å². The molecule has 3 rings (SSSR count). The quantitative estimate of drug-likeness (QED) is 0.747. The van der Waals surface area contributed by atoms with E-state index in [9.17, 15) is 15.0 Å². The molecule has 0 aromatic rings. The summed E-state index contributed by atoms with van der Waals surface area (Å²) in [6.07, 6.45) is 3.76. The maximum absolute atomic E-state index is 12.5. The fraction of sp³-hybridized carbons (Fsp3) is 0.933. The van der Waals surface area contributed by atoms with Crippen LogP contribution < -0.4 is 0 Å². The van der Waals surface area contributed by atoms with Crippen LogP contribution in [0.15, 0.2) is 0 Å². The summed E-state index contributed by atoms with van der Waals surface area (Å²) < 4.78 is 0. The van der Waals surface area contributed by atoms with Crippen molar-refractivity contribution in [3.8, 4) is 0 Å². The SMILES string of the molecule is C[C@@]1(CO)C[C@@H]2C(=O)[C@](C)(O)[C@@H]3CC[C@]3(C)[C@H]2C1. The first-order valence-corrected chi connectivity index (χ1v) is 7.12. The van der Waals surface area contributed by atoms with Crippen molar-refractivity contribution in [1.29, 1.82) is 0 Å². The molecule has 3 saturated carbocycles. The predicted octanol–water partition coefficient (Wildman–Crippen LogP) is 1.76. The molecule has 0 radical (unpaired) electrons. The lowest BCUT2D eigenvalue weighted by Crippen LogP contribution is -2.65. The molecule has 2 N–H and O–H groups in total. The van der Waals surface area contributed by atoms with Crippen molar-refractivity contribution in [3.05, 3.63) is 0 Å². The molecule has 0 saturated heterocycles. The summed E-state index contributed by atoms with van der Waals surface area (Å²) in [7, 11) is 0. The van der Waals surface area contributed by atoms with Crippen molar-refractivity contribution in [3.63, 3.8) is 0 Å². The van der Waals surface area contributed by atoms with Crippen molar-refractivity contribution in [1.82, 2.24) is 0 Å². The third-order valence-corrected chi connectivity index (χ3v) is 6.42. The summed E-state index contributed by atoms with van der Waals surface area (Å²) >= 11 is 0.